The van der Waals surface area contributed by atoms with Crippen LogP contribution in [0.4, 0.5) is 0 Å². The van der Waals surface area contributed by atoms with Crippen LogP contribution in [0.5, 0.6) is 0 Å². The van der Waals surface area contributed by atoms with Gasteiger partial charge in [0.2, 0.25) is 0 Å². The van der Waals surface area contributed by atoms with E-state index < -0.39 is 24.5 Å². The molecule has 0 aliphatic rings. The van der Waals surface area contributed by atoms with Crippen LogP contribution in [0.25, 0.3) is 11.0 Å². The van der Waals surface area contributed by atoms with E-state index in [2.05, 4.69) is 31.2 Å². The van der Waals surface area contributed by atoms with Crippen LogP contribution in [0.1, 0.15) is 12.5 Å². The average molecular weight is 378 g/mol. The summed E-state index contributed by atoms with van der Waals surface area (Å²) in [6.07, 6.45) is 0. The number of H-pyrrole nitrogens is 2. The second kappa shape index (κ2) is 5.86. The quantitative estimate of drug-likeness (QED) is 0.391. The van der Waals surface area contributed by atoms with Crippen molar-refractivity contribution in [3.63, 3.8) is 0 Å². The topological polar surface area (TPSA) is 135 Å². The molecule has 0 fully saturated rings. The summed E-state index contributed by atoms with van der Waals surface area (Å²) in [7, 11) is -4.24. The van der Waals surface area contributed by atoms with Gasteiger partial charge in [-0.25, -0.2) is 0 Å². The molecule has 0 bridgehead atoms. The molecule has 1 aromatic carbocycles. The van der Waals surface area contributed by atoms with Gasteiger partial charge in [-0.2, -0.15) is 0 Å². The number of benzene rings is 1. The van der Waals surface area contributed by atoms with Crippen LogP contribution < -0.4 is 16.4 Å². The molecule has 0 saturated heterocycles. The van der Waals surface area contributed by atoms with Crippen molar-refractivity contribution in [1.29, 1.82) is 0 Å². The minimum atomic E-state index is -4.24. The number of halogens is 1. The highest BCUT2D eigenvalue weighted by Crippen LogP contribution is 2.39. The normalized spacial score (nSPS) is 13.5. The van der Waals surface area contributed by atoms with Gasteiger partial charge in [-0.15, -0.1) is 0 Å². The fraction of sp³-hybridized carbons (Fsp3) is 0.273. The van der Waals surface area contributed by atoms with Gasteiger partial charge >= 0.3 is 18.7 Å². The summed E-state index contributed by atoms with van der Waals surface area (Å²) in [4.78, 5) is 45.7. The van der Waals surface area contributed by atoms with E-state index in [4.69, 9.17) is 9.79 Å². The van der Waals surface area contributed by atoms with Gasteiger partial charge < -0.3 is 19.8 Å². The van der Waals surface area contributed by atoms with Crippen molar-refractivity contribution in [2.75, 3.05) is 0 Å². The smallest absolute Gasteiger partial charge is 0.323 e. The van der Waals surface area contributed by atoms with Crippen LogP contribution in [0, 0.1) is 0 Å². The molecule has 5 N–H and O–H groups in total. The Labute approximate surface area is 126 Å². The molecule has 1 atom stereocenters. The summed E-state index contributed by atoms with van der Waals surface area (Å²) in [6.45, 7) is 1.48. The van der Waals surface area contributed by atoms with E-state index in [1.54, 1.807) is 12.1 Å². The summed E-state index contributed by atoms with van der Waals surface area (Å²) in [5.74, 6) is -1.03. The highest BCUT2D eigenvalue weighted by atomic mass is 79.9. The second-order valence-electron chi connectivity index (χ2n) is 4.54. The predicted octanol–water partition coefficient (Wildman–Crippen LogP) is 0.592. The molecule has 0 aliphatic heterocycles. The van der Waals surface area contributed by atoms with Crippen LogP contribution in [-0.4, -0.2) is 25.5 Å². The van der Waals surface area contributed by atoms with Crippen LogP contribution in [-0.2, 0) is 11.1 Å². The summed E-state index contributed by atoms with van der Waals surface area (Å²) >= 11 is 3.28. The first kappa shape index (κ1) is 16.1. The summed E-state index contributed by atoms with van der Waals surface area (Å²) in [6, 6.07) is 3.32. The molecule has 8 nitrogen and oxygen atoms in total. The second-order valence-corrected chi connectivity index (χ2v) is 7.41. The number of aromatic amines is 2. The van der Waals surface area contributed by atoms with Crippen LogP contribution in [0.15, 0.2) is 26.2 Å². The molecular formula is C11H13BrN3O5P. The van der Waals surface area contributed by atoms with Crippen molar-refractivity contribution >= 4 is 34.6 Å². The van der Waals surface area contributed by atoms with Gasteiger partial charge in [-0.05, 0) is 24.6 Å². The molecule has 1 heterocycles. The van der Waals surface area contributed by atoms with Crippen molar-refractivity contribution in [1.82, 2.24) is 15.3 Å². The van der Waals surface area contributed by atoms with Gasteiger partial charge in [0.25, 0.3) is 0 Å². The molecule has 0 spiro atoms. The molecule has 10 heteroatoms. The number of fused-ring (bicyclic) bond motifs is 1. The van der Waals surface area contributed by atoms with Crippen molar-refractivity contribution in [2.24, 2.45) is 0 Å². The van der Waals surface area contributed by atoms with E-state index in [0.29, 0.717) is 21.1 Å². The zero-order chi connectivity index (χ0) is 15.8. The highest BCUT2D eigenvalue weighted by molar-refractivity contribution is 9.10. The van der Waals surface area contributed by atoms with E-state index >= 15 is 0 Å². The predicted molar refractivity (Wildman–Crippen MR) is 81.2 cm³/mol. The van der Waals surface area contributed by atoms with Gasteiger partial charge in [0.15, 0.2) is 0 Å². The van der Waals surface area contributed by atoms with E-state index in [9.17, 15) is 14.2 Å². The van der Waals surface area contributed by atoms with Gasteiger partial charge in [-0.1, -0.05) is 15.9 Å². The number of aromatic nitrogens is 2. The van der Waals surface area contributed by atoms with Crippen molar-refractivity contribution in [3.8, 4) is 0 Å². The fourth-order valence-electron chi connectivity index (χ4n) is 1.77. The third-order valence-electron chi connectivity index (χ3n) is 2.97. The Kier molecular flexibility index (Phi) is 4.50. The zero-order valence-corrected chi connectivity index (χ0v) is 13.4. The van der Waals surface area contributed by atoms with Crippen molar-refractivity contribution in [2.45, 2.75) is 19.3 Å². The molecule has 114 valence electrons. The van der Waals surface area contributed by atoms with E-state index in [0.717, 1.165) is 0 Å². The van der Waals surface area contributed by atoms with E-state index in [1.807, 2.05) is 0 Å². The van der Waals surface area contributed by atoms with Gasteiger partial charge in [-0.3, -0.25) is 19.5 Å². The van der Waals surface area contributed by atoms with E-state index in [1.165, 1.54) is 6.92 Å². The van der Waals surface area contributed by atoms with Crippen LogP contribution >= 0.6 is 23.5 Å². The average Bonchev–Trinajstić information content (AvgIpc) is 2.36. The molecule has 0 radical (unpaired) electrons. The van der Waals surface area contributed by atoms with Gasteiger partial charge in [0.1, 0.15) is 5.78 Å². The Balaban J connectivity index is 2.44. The maximum Gasteiger partial charge on any atom is 0.342 e. The molecule has 2 aromatic rings. The molecule has 1 aromatic heterocycles. The Bertz CT molecular complexity index is 840. The molecule has 21 heavy (non-hydrogen) atoms. The lowest BCUT2D eigenvalue weighted by Crippen LogP contribution is -2.30. The first-order valence-corrected chi connectivity index (χ1v) is 8.39. The molecule has 0 aliphatic carbocycles. The number of hydrogen-bond donors (Lipinski definition) is 5. The van der Waals surface area contributed by atoms with Crippen LogP contribution in [0.3, 0.4) is 0 Å². The molecule has 0 saturated carbocycles. The third kappa shape index (κ3) is 3.69. The van der Waals surface area contributed by atoms with Crippen molar-refractivity contribution in [3.05, 3.63) is 42.9 Å². The lowest BCUT2D eigenvalue weighted by molar-refractivity contribution is 0.350. The molecule has 0 unspecified atom stereocenters. The van der Waals surface area contributed by atoms with Crippen LogP contribution in [0.2, 0.25) is 0 Å². The lowest BCUT2D eigenvalue weighted by Gasteiger charge is -2.16. The van der Waals surface area contributed by atoms with E-state index in [-0.39, 0.29) is 6.54 Å². The Morgan fingerprint density at radius 3 is 2.52 bits per heavy atom. The van der Waals surface area contributed by atoms with Gasteiger partial charge in [0, 0.05) is 11.0 Å². The van der Waals surface area contributed by atoms with Crippen molar-refractivity contribution < 1.29 is 14.4 Å². The number of hydrogen-bond acceptors (Lipinski definition) is 4. The van der Waals surface area contributed by atoms with Gasteiger partial charge in [0.05, 0.1) is 11.0 Å². The minimum absolute atomic E-state index is 0.115. The third-order valence-corrected chi connectivity index (χ3v) is 4.62. The standard InChI is InChI=1S/C11H13BrN3O5P/c1-5(21(18,19)20)13-4-6-2-7(12)3-8-9(6)15-11(17)10(16)14-8/h2-3,5,13H,4H2,1H3,(H,14,16)(H,15,17)(H2,18,19,20)/t5-/m1/s1. The summed E-state index contributed by atoms with van der Waals surface area (Å²) in [5, 5.41) is 2.69. The Morgan fingerprint density at radius 2 is 1.90 bits per heavy atom. The molecular weight excluding hydrogens is 365 g/mol. The Hall–Kier alpha value is -1.25. The number of rotatable bonds is 4. The summed E-state index contributed by atoms with van der Waals surface area (Å²) in [5.41, 5.74) is -0.118. The zero-order valence-electron chi connectivity index (χ0n) is 10.9. The lowest BCUT2D eigenvalue weighted by atomic mass is 10.1. The maximum absolute atomic E-state index is 11.4. The number of nitrogens with one attached hydrogen (secondary N) is 3. The largest absolute Gasteiger partial charge is 0.342 e. The minimum Gasteiger partial charge on any atom is -0.323 e. The monoisotopic (exact) mass is 377 g/mol. The molecule has 0 amide bonds. The highest BCUT2D eigenvalue weighted by Gasteiger charge is 2.23. The SMILES string of the molecule is C[C@H](NCc1cc(Br)cc2[nH]c(=O)c(=O)[nH]c12)P(=O)(O)O. The first-order valence-electron chi connectivity index (χ1n) is 5.92. The molecule has 2 rings (SSSR count). The fourth-order valence-corrected chi connectivity index (χ4v) is 2.61. The first-order chi connectivity index (χ1) is 9.68. The Morgan fingerprint density at radius 1 is 1.29 bits per heavy atom. The maximum atomic E-state index is 11.4. The summed E-state index contributed by atoms with van der Waals surface area (Å²) < 4.78 is 11.8.